The Morgan fingerprint density at radius 1 is 0.905 bits per heavy atom. The zero-order chi connectivity index (χ0) is 27.6. The molecule has 0 bridgehead atoms. The molecule has 0 atom stereocenters. The fourth-order valence-corrected chi connectivity index (χ4v) is 5.54. The molecule has 2 N–H and O–H groups in total. The third-order valence-electron chi connectivity index (χ3n) is 7.73. The van der Waals surface area contributed by atoms with E-state index in [9.17, 15) is 4.79 Å². The number of fused-ring (bicyclic) bond motifs is 1. The van der Waals surface area contributed by atoms with Gasteiger partial charge in [-0.25, -0.2) is 15.0 Å². The Kier molecular flexibility index (Phi) is 7.85. The molecule has 10 heteroatoms. The number of aromatic nitrogens is 7. The molecule has 4 aromatic heterocycles. The van der Waals surface area contributed by atoms with Crippen LogP contribution in [0.5, 0.6) is 0 Å². The summed E-state index contributed by atoms with van der Waals surface area (Å²) in [4.78, 5) is 35.8. The lowest BCUT2D eigenvalue weighted by Crippen LogP contribution is -2.32. The van der Waals surface area contributed by atoms with Gasteiger partial charge >= 0.3 is 0 Å². The highest BCUT2D eigenvalue weighted by atomic mass is 35.5. The summed E-state index contributed by atoms with van der Waals surface area (Å²) in [5.41, 5.74) is 6.38. The number of nitrogens with zero attached hydrogens (tertiary/aromatic N) is 6. The molecule has 1 fully saturated rings. The predicted molar refractivity (Wildman–Crippen MR) is 165 cm³/mol. The molecule has 1 aliphatic rings. The van der Waals surface area contributed by atoms with Gasteiger partial charge in [-0.3, -0.25) is 19.8 Å². The molecule has 0 amide bonds. The summed E-state index contributed by atoms with van der Waals surface area (Å²) >= 11 is 0. The van der Waals surface area contributed by atoms with E-state index in [1.165, 1.54) is 5.56 Å². The zero-order valence-electron chi connectivity index (χ0n) is 22.8. The Balaban J connectivity index is 0.00000316. The lowest BCUT2D eigenvalue weighted by Gasteiger charge is -2.30. The number of hydrogen-bond donors (Lipinski definition) is 2. The van der Waals surface area contributed by atoms with Gasteiger partial charge in [0.25, 0.3) is 5.56 Å². The van der Waals surface area contributed by atoms with Gasteiger partial charge in [0.2, 0.25) is 0 Å². The van der Waals surface area contributed by atoms with E-state index in [1.54, 1.807) is 24.8 Å². The van der Waals surface area contributed by atoms with Crippen LogP contribution in [0, 0.1) is 0 Å². The van der Waals surface area contributed by atoms with Crippen molar-refractivity contribution in [2.45, 2.75) is 25.3 Å². The maximum absolute atomic E-state index is 12.5. The molecule has 210 valence electrons. The second-order valence-corrected chi connectivity index (χ2v) is 10.4. The molecule has 6 aromatic rings. The van der Waals surface area contributed by atoms with Crippen molar-refractivity contribution in [2.24, 2.45) is 0 Å². The average molecular weight is 577 g/mol. The molecule has 0 aliphatic carbocycles. The fraction of sp³-hybridized carbons (Fsp3) is 0.188. The van der Waals surface area contributed by atoms with E-state index in [-0.39, 0.29) is 18.0 Å². The summed E-state index contributed by atoms with van der Waals surface area (Å²) in [6, 6.07) is 22.5. The highest BCUT2D eigenvalue weighted by Gasteiger charge is 2.24. The van der Waals surface area contributed by atoms with Crippen molar-refractivity contribution in [3.05, 3.63) is 113 Å². The molecule has 5 heterocycles. The van der Waals surface area contributed by atoms with Crippen LogP contribution < -0.4 is 5.56 Å². The van der Waals surface area contributed by atoms with Crippen LogP contribution in [0.2, 0.25) is 0 Å². The third-order valence-corrected chi connectivity index (χ3v) is 7.73. The van der Waals surface area contributed by atoms with E-state index >= 15 is 0 Å². The van der Waals surface area contributed by atoms with Crippen LogP contribution in [0.3, 0.4) is 0 Å². The van der Waals surface area contributed by atoms with Crippen molar-refractivity contribution in [3.8, 4) is 33.9 Å². The largest absolute Gasteiger partial charge is 0.328 e. The van der Waals surface area contributed by atoms with Crippen molar-refractivity contribution >= 4 is 23.3 Å². The Labute approximate surface area is 248 Å². The number of halogens is 1. The van der Waals surface area contributed by atoms with E-state index in [1.807, 2.05) is 30.3 Å². The normalized spacial score (nSPS) is 14.1. The number of pyridine rings is 2. The minimum atomic E-state index is -0.133. The molecule has 0 spiro atoms. The number of nitrogens with one attached hydrogen (secondary N) is 2. The first-order chi connectivity index (χ1) is 20.2. The van der Waals surface area contributed by atoms with E-state index in [0.717, 1.165) is 60.7 Å². The molecule has 7 rings (SSSR count). The molecular formula is C32H29ClN8O. The number of piperidine rings is 1. The van der Waals surface area contributed by atoms with E-state index in [2.05, 4.69) is 66.4 Å². The first-order valence-electron chi connectivity index (χ1n) is 13.8. The molecular weight excluding hydrogens is 548 g/mol. The minimum Gasteiger partial charge on any atom is -0.328 e. The van der Waals surface area contributed by atoms with Crippen LogP contribution >= 0.6 is 12.4 Å². The van der Waals surface area contributed by atoms with Crippen molar-refractivity contribution < 1.29 is 0 Å². The van der Waals surface area contributed by atoms with Crippen LogP contribution in [0.4, 0.5) is 0 Å². The van der Waals surface area contributed by atoms with Gasteiger partial charge < -0.3 is 4.98 Å². The standard InChI is InChI=1S/C32H28N8O.ClH/c41-32-26-18-25(22-4-2-1-3-5-22)29(36-27(26)10-13-35-32)23-8-6-21(7-9-23)20-40-16-11-24(12-17-40)30-37-31(39-38-30)28-19-33-14-15-34-28;/h1-10,13-15,18-19,24H,11-12,16-17,20H2,(H,35,41)(H,37,38,39);1H. The van der Waals surface area contributed by atoms with Crippen LogP contribution in [0.25, 0.3) is 44.8 Å². The number of rotatable bonds is 6. The summed E-state index contributed by atoms with van der Waals surface area (Å²) in [6.07, 6.45) is 8.67. The molecule has 0 saturated carbocycles. The number of H-pyrrole nitrogens is 2. The van der Waals surface area contributed by atoms with E-state index in [0.29, 0.717) is 28.3 Å². The Morgan fingerprint density at radius 3 is 2.48 bits per heavy atom. The predicted octanol–water partition coefficient (Wildman–Crippen LogP) is 5.63. The molecule has 9 nitrogen and oxygen atoms in total. The molecule has 1 saturated heterocycles. The van der Waals surface area contributed by atoms with Gasteiger partial charge in [0.1, 0.15) is 5.69 Å². The monoisotopic (exact) mass is 576 g/mol. The van der Waals surface area contributed by atoms with E-state index in [4.69, 9.17) is 9.97 Å². The first kappa shape index (κ1) is 27.4. The second kappa shape index (κ2) is 12.0. The summed E-state index contributed by atoms with van der Waals surface area (Å²) in [5.74, 6) is 1.85. The SMILES string of the molecule is Cl.O=c1[nH]ccc2nc(-c3ccc(CN4CCC(c5n[nH]c(-c6cnccn6)n5)CC4)cc3)c(-c3ccccc3)cc12. The van der Waals surface area contributed by atoms with Crippen LogP contribution in [-0.4, -0.2) is 53.1 Å². The van der Waals surface area contributed by atoms with Crippen molar-refractivity contribution in [1.82, 2.24) is 40.0 Å². The summed E-state index contributed by atoms with van der Waals surface area (Å²) < 4.78 is 0. The summed E-state index contributed by atoms with van der Waals surface area (Å²) in [7, 11) is 0. The van der Waals surface area contributed by atoms with Gasteiger partial charge in [-0.2, -0.15) is 5.10 Å². The van der Waals surface area contributed by atoms with Crippen molar-refractivity contribution in [2.75, 3.05) is 13.1 Å². The lowest BCUT2D eigenvalue weighted by atomic mass is 9.95. The number of hydrogen-bond acceptors (Lipinski definition) is 7. The lowest BCUT2D eigenvalue weighted by molar-refractivity contribution is 0.202. The van der Waals surface area contributed by atoms with Gasteiger partial charge in [0, 0.05) is 42.2 Å². The average Bonchev–Trinajstić information content (AvgIpc) is 3.53. The van der Waals surface area contributed by atoms with Crippen LogP contribution in [0.15, 0.2) is 96.3 Å². The van der Waals surface area contributed by atoms with Gasteiger partial charge in [0.05, 0.1) is 22.8 Å². The molecule has 0 unspecified atom stereocenters. The maximum atomic E-state index is 12.5. The Bertz CT molecular complexity index is 1850. The molecule has 42 heavy (non-hydrogen) atoms. The molecule has 2 aromatic carbocycles. The number of benzene rings is 2. The van der Waals surface area contributed by atoms with Gasteiger partial charge in [-0.05, 0) is 49.2 Å². The quantitative estimate of drug-likeness (QED) is 0.264. The topological polar surface area (TPSA) is 116 Å². The van der Waals surface area contributed by atoms with Gasteiger partial charge in [-0.1, -0.05) is 54.6 Å². The van der Waals surface area contributed by atoms with E-state index < -0.39 is 0 Å². The Morgan fingerprint density at radius 2 is 1.71 bits per heavy atom. The highest BCUT2D eigenvalue weighted by Crippen LogP contribution is 2.33. The van der Waals surface area contributed by atoms with Gasteiger partial charge in [0.15, 0.2) is 11.6 Å². The van der Waals surface area contributed by atoms with Crippen molar-refractivity contribution in [3.63, 3.8) is 0 Å². The molecule has 0 radical (unpaired) electrons. The van der Waals surface area contributed by atoms with Gasteiger partial charge in [-0.15, -0.1) is 12.4 Å². The smallest absolute Gasteiger partial charge is 0.257 e. The van der Waals surface area contributed by atoms with Crippen molar-refractivity contribution in [1.29, 1.82) is 0 Å². The fourth-order valence-electron chi connectivity index (χ4n) is 5.54. The third kappa shape index (κ3) is 5.57. The number of aromatic amines is 2. The summed E-state index contributed by atoms with van der Waals surface area (Å²) in [6.45, 7) is 2.86. The maximum Gasteiger partial charge on any atom is 0.257 e. The minimum absolute atomic E-state index is 0. The highest BCUT2D eigenvalue weighted by molar-refractivity contribution is 5.91. The second-order valence-electron chi connectivity index (χ2n) is 10.4. The van der Waals surface area contributed by atoms with Crippen LogP contribution in [-0.2, 0) is 6.54 Å². The summed E-state index contributed by atoms with van der Waals surface area (Å²) in [5, 5.41) is 8.07. The molecule has 1 aliphatic heterocycles. The first-order valence-corrected chi connectivity index (χ1v) is 13.8. The zero-order valence-corrected chi connectivity index (χ0v) is 23.6. The van der Waals surface area contributed by atoms with Crippen LogP contribution in [0.1, 0.15) is 30.1 Å². The Hall–Kier alpha value is -4.73. The number of likely N-dealkylation sites (tertiary alicyclic amines) is 1.